The Labute approximate surface area is 289 Å². The molecule has 2 aromatic rings. The number of nitrogens with one attached hydrogen (secondary N) is 1. The summed E-state index contributed by atoms with van der Waals surface area (Å²) in [6, 6.07) is 3.92. The van der Waals surface area contributed by atoms with Gasteiger partial charge in [0.05, 0.1) is 11.8 Å². The molecule has 4 heterocycles. The van der Waals surface area contributed by atoms with Gasteiger partial charge < -0.3 is 19.4 Å². The Bertz CT molecular complexity index is 1550. The molecule has 0 bridgehead atoms. The Hall–Kier alpha value is -2.94. The molecule has 1 spiro atoms. The Morgan fingerprint density at radius 1 is 1.06 bits per heavy atom. The highest BCUT2D eigenvalue weighted by molar-refractivity contribution is 7.87. The van der Waals surface area contributed by atoms with Gasteiger partial charge in [0, 0.05) is 56.8 Å². The molecule has 1 aromatic heterocycles. The number of alkyl halides is 1. The van der Waals surface area contributed by atoms with Crippen LogP contribution in [0, 0.1) is 17.2 Å². The van der Waals surface area contributed by atoms with Gasteiger partial charge in [0.1, 0.15) is 24.1 Å². The van der Waals surface area contributed by atoms with E-state index in [4.69, 9.17) is 4.74 Å². The fourth-order valence-corrected chi connectivity index (χ4v) is 9.51. The molecule has 49 heavy (non-hydrogen) atoms. The standard InChI is InChI=1S/C35H51F2N7O4S/c1-4-44(25(2)3)34(45)30-19-28(37)7-10-31(30)48-32-20-38-24-39-33(32)42-22-35(23-42)13-17-41(18-14-35)21-26-5-8-29(9-6-26)40-49(46,47)43-15-11-27(36)12-16-43/h7,10,19-20,24-27,29,40H,4-6,8-9,11-18,21-23H2,1-3H3. The first-order valence-electron chi connectivity index (χ1n) is 17.9. The van der Waals surface area contributed by atoms with Crippen molar-refractivity contribution in [3.8, 4) is 11.5 Å². The average Bonchev–Trinajstić information content (AvgIpc) is 3.06. The molecule has 0 atom stereocenters. The number of carbonyl (C=O) groups excluding carboxylic acids is 1. The number of aromatic nitrogens is 2. The van der Waals surface area contributed by atoms with Crippen LogP contribution in [-0.2, 0) is 10.2 Å². The number of nitrogens with zero attached hydrogens (tertiary/aromatic N) is 6. The molecule has 4 aliphatic rings. The summed E-state index contributed by atoms with van der Waals surface area (Å²) in [7, 11) is -3.56. The number of amides is 1. The molecule has 6 rings (SSSR count). The van der Waals surface area contributed by atoms with E-state index >= 15 is 0 Å². The van der Waals surface area contributed by atoms with Crippen LogP contribution in [0.1, 0.15) is 82.5 Å². The van der Waals surface area contributed by atoms with Crippen LogP contribution < -0.4 is 14.4 Å². The van der Waals surface area contributed by atoms with E-state index in [0.717, 1.165) is 71.2 Å². The number of benzene rings is 1. The van der Waals surface area contributed by atoms with Crippen molar-refractivity contribution in [3.63, 3.8) is 0 Å². The highest BCUT2D eigenvalue weighted by Crippen LogP contribution is 2.45. The van der Waals surface area contributed by atoms with Crippen LogP contribution >= 0.6 is 0 Å². The van der Waals surface area contributed by atoms with Crippen molar-refractivity contribution < 1.29 is 26.7 Å². The molecule has 4 fully saturated rings. The van der Waals surface area contributed by atoms with Gasteiger partial charge in [0.25, 0.3) is 16.1 Å². The molecule has 3 saturated heterocycles. The maximum atomic E-state index is 14.3. The van der Waals surface area contributed by atoms with Crippen molar-refractivity contribution in [2.45, 2.75) is 90.4 Å². The average molecular weight is 704 g/mol. The summed E-state index contributed by atoms with van der Waals surface area (Å²) < 4.78 is 63.9. The Kier molecular flexibility index (Phi) is 11.1. The molecule has 1 amide bonds. The van der Waals surface area contributed by atoms with Crippen molar-refractivity contribution in [2.24, 2.45) is 11.3 Å². The number of hydrogen-bond acceptors (Lipinski definition) is 8. The van der Waals surface area contributed by atoms with Crippen molar-refractivity contribution >= 4 is 21.9 Å². The third-order valence-corrected chi connectivity index (χ3v) is 12.6. The maximum Gasteiger partial charge on any atom is 0.279 e. The highest BCUT2D eigenvalue weighted by atomic mass is 32.2. The lowest BCUT2D eigenvalue weighted by Crippen LogP contribution is -2.61. The Balaban J connectivity index is 0.984. The van der Waals surface area contributed by atoms with Crippen molar-refractivity contribution in [2.75, 3.05) is 57.3 Å². The van der Waals surface area contributed by atoms with E-state index in [1.807, 2.05) is 20.8 Å². The monoisotopic (exact) mass is 703 g/mol. The van der Waals surface area contributed by atoms with Crippen LogP contribution in [0.4, 0.5) is 14.6 Å². The lowest BCUT2D eigenvalue weighted by Gasteiger charge is -2.54. The summed E-state index contributed by atoms with van der Waals surface area (Å²) in [5, 5.41) is 0. The van der Waals surface area contributed by atoms with Gasteiger partial charge >= 0.3 is 0 Å². The molecule has 1 N–H and O–H groups in total. The minimum absolute atomic E-state index is 0.0461. The number of carbonyl (C=O) groups is 1. The minimum Gasteiger partial charge on any atom is -0.451 e. The van der Waals surface area contributed by atoms with Crippen LogP contribution in [0.15, 0.2) is 30.7 Å². The summed E-state index contributed by atoms with van der Waals surface area (Å²) in [4.78, 5) is 28.5. The first-order valence-corrected chi connectivity index (χ1v) is 19.4. The number of piperidine rings is 2. The first kappa shape index (κ1) is 35.9. The molecule has 1 aromatic carbocycles. The Morgan fingerprint density at radius 3 is 2.41 bits per heavy atom. The van der Waals surface area contributed by atoms with Gasteiger partial charge in [0.15, 0.2) is 11.6 Å². The van der Waals surface area contributed by atoms with E-state index in [2.05, 4.69) is 24.5 Å². The first-order chi connectivity index (χ1) is 23.4. The van der Waals surface area contributed by atoms with Gasteiger partial charge in [-0.3, -0.25) is 4.79 Å². The van der Waals surface area contributed by atoms with Crippen molar-refractivity contribution in [1.82, 2.24) is 28.8 Å². The second-order valence-electron chi connectivity index (χ2n) is 14.7. The summed E-state index contributed by atoms with van der Waals surface area (Å²) in [6.45, 7) is 11.6. The van der Waals surface area contributed by atoms with Crippen molar-refractivity contribution in [3.05, 3.63) is 42.1 Å². The number of rotatable bonds is 11. The number of hydrogen-bond donors (Lipinski definition) is 1. The topological polar surface area (TPSA) is 111 Å². The molecular weight excluding hydrogens is 652 g/mol. The second-order valence-corrected chi connectivity index (χ2v) is 16.4. The third-order valence-electron chi connectivity index (χ3n) is 10.9. The van der Waals surface area contributed by atoms with Gasteiger partial charge in [-0.1, -0.05) is 0 Å². The maximum absolute atomic E-state index is 14.3. The van der Waals surface area contributed by atoms with E-state index < -0.39 is 22.2 Å². The zero-order valence-electron chi connectivity index (χ0n) is 29.0. The minimum atomic E-state index is -3.56. The fourth-order valence-electron chi connectivity index (χ4n) is 8.01. The molecular formula is C35H51F2N7O4S. The zero-order chi connectivity index (χ0) is 34.8. The SMILES string of the molecule is CCN(C(=O)c1cc(F)ccc1Oc1cncnc1N1CC2(CCN(CC3CCC(NS(=O)(=O)N4CCC(F)CC4)CC3)CC2)C1)C(C)C. The normalized spacial score (nSPS) is 23.8. The molecule has 11 nitrogen and oxygen atoms in total. The van der Waals surface area contributed by atoms with Crippen LogP contribution in [0.25, 0.3) is 0 Å². The van der Waals surface area contributed by atoms with Gasteiger partial charge in [-0.2, -0.15) is 17.4 Å². The number of ether oxygens (including phenoxy) is 1. The summed E-state index contributed by atoms with van der Waals surface area (Å²) >= 11 is 0. The molecule has 0 unspecified atom stereocenters. The highest BCUT2D eigenvalue weighted by Gasteiger charge is 2.46. The molecule has 1 aliphatic carbocycles. The van der Waals surface area contributed by atoms with E-state index in [9.17, 15) is 22.0 Å². The van der Waals surface area contributed by atoms with Crippen LogP contribution in [0.5, 0.6) is 11.5 Å². The van der Waals surface area contributed by atoms with Crippen LogP contribution in [0.2, 0.25) is 0 Å². The van der Waals surface area contributed by atoms with E-state index in [1.165, 1.54) is 28.8 Å². The van der Waals surface area contributed by atoms with E-state index in [-0.39, 0.29) is 60.6 Å². The molecule has 270 valence electrons. The van der Waals surface area contributed by atoms with Crippen LogP contribution in [-0.4, -0.2) is 109 Å². The van der Waals surface area contributed by atoms with Gasteiger partial charge in [-0.15, -0.1) is 0 Å². The lowest BCUT2D eigenvalue weighted by atomic mass is 9.71. The summed E-state index contributed by atoms with van der Waals surface area (Å²) in [5.41, 5.74) is 0.378. The molecule has 0 radical (unpaired) electrons. The van der Waals surface area contributed by atoms with Gasteiger partial charge in [-0.05, 0) is 109 Å². The predicted molar refractivity (Wildman–Crippen MR) is 184 cm³/mol. The zero-order valence-corrected chi connectivity index (χ0v) is 29.8. The number of likely N-dealkylation sites (tertiary alicyclic amines) is 1. The molecule has 3 aliphatic heterocycles. The smallest absolute Gasteiger partial charge is 0.279 e. The predicted octanol–water partition coefficient (Wildman–Crippen LogP) is 5.01. The quantitative estimate of drug-likeness (QED) is 0.348. The van der Waals surface area contributed by atoms with Crippen LogP contribution in [0.3, 0.4) is 0 Å². The molecule has 14 heteroatoms. The van der Waals surface area contributed by atoms with Gasteiger partial charge in [0.2, 0.25) is 0 Å². The summed E-state index contributed by atoms with van der Waals surface area (Å²) in [5.74, 6) is 1.15. The second kappa shape index (κ2) is 15.1. The molecule has 1 saturated carbocycles. The largest absolute Gasteiger partial charge is 0.451 e. The van der Waals surface area contributed by atoms with Gasteiger partial charge in [-0.25, -0.2) is 18.7 Å². The van der Waals surface area contributed by atoms with E-state index in [0.29, 0.717) is 24.0 Å². The fraction of sp³-hybridized carbons (Fsp3) is 0.686. The lowest BCUT2D eigenvalue weighted by molar-refractivity contribution is 0.0617. The Morgan fingerprint density at radius 2 is 1.76 bits per heavy atom. The number of halogens is 2. The van der Waals surface area contributed by atoms with Crippen molar-refractivity contribution in [1.29, 1.82) is 0 Å². The number of anilines is 1. The van der Waals surface area contributed by atoms with E-state index in [1.54, 1.807) is 11.1 Å². The third kappa shape index (κ3) is 8.34. The summed E-state index contributed by atoms with van der Waals surface area (Å²) in [6.07, 6.45) is 8.60.